The maximum Gasteiger partial charge on any atom is 0.0944 e. The number of aliphatic hydroxyl groups is 1. The predicted octanol–water partition coefficient (Wildman–Crippen LogP) is 0.936. The van der Waals surface area contributed by atoms with Crippen LogP contribution in [0.5, 0.6) is 0 Å². The Labute approximate surface area is 84.9 Å². The molecule has 0 fully saturated rings. The summed E-state index contributed by atoms with van der Waals surface area (Å²) in [5.74, 6) is 0. The number of rotatable bonds is 6. The number of aromatic nitrogens is 2. The lowest BCUT2D eigenvalue weighted by atomic mass is 10.2. The van der Waals surface area contributed by atoms with E-state index in [9.17, 15) is 5.11 Å². The van der Waals surface area contributed by atoms with Gasteiger partial charge in [-0.3, -0.25) is 4.68 Å². The highest BCUT2D eigenvalue weighted by Crippen LogP contribution is 2.09. The Bertz CT molecular complexity index is 260. The first-order chi connectivity index (χ1) is 6.77. The Hall–Kier alpha value is -0.870. The molecule has 0 aliphatic carbocycles. The van der Waals surface area contributed by atoms with E-state index < -0.39 is 6.10 Å². The molecule has 0 radical (unpaired) electrons. The molecule has 1 unspecified atom stereocenters. The average molecular weight is 197 g/mol. The van der Waals surface area contributed by atoms with Gasteiger partial charge in [-0.25, -0.2) is 0 Å². The van der Waals surface area contributed by atoms with Crippen LogP contribution in [-0.4, -0.2) is 28.0 Å². The predicted molar refractivity (Wildman–Crippen MR) is 56.0 cm³/mol. The highest BCUT2D eigenvalue weighted by atomic mass is 16.3. The van der Waals surface area contributed by atoms with Crippen molar-refractivity contribution in [3.63, 3.8) is 0 Å². The van der Waals surface area contributed by atoms with E-state index >= 15 is 0 Å². The van der Waals surface area contributed by atoms with Crippen molar-refractivity contribution in [2.75, 3.05) is 13.1 Å². The normalized spacial score (nSPS) is 13.1. The fraction of sp³-hybridized carbons (Fsp3) is 0.700. The van der Waals surface area contributed by atoms with Crippen LogP contribution in [0.15, 0.2) is 12.4 Å². The van der Waals surface area contributed by atoms with Crippen molar-refractivity contribution in [1.82, 2.24) is 15.1 Å². The molecule has 14 heavy (non-hydrogen) atoms. The molecule has 0 aliphatic heterocycles. The molecule has 2 N–H and O–H groups in total. The zero-order chi connectivity index (χ0) is 10.4. The van der Waals surface area contributed by atoms with E-state index in [4.69, 9.17) is 0 Å². The van der Waals surface area contributed by atoms with Gasteiger partial charge in [-0.1, -0.05) is 6.92 Å². The van der Waals surface area contributed by atoms with Crippen LogP contribution in [0.1, 0.15) is 31.9 Å². The van der Waals surface area contributed by atoms with E-state index in [-0.39, 0.29) is 0 Å². The smallest absolute Gasteiger partial charge is 0.0944 e. The fourth-order valence-corrected chi connectivity index (χ4v) is 1.26. The first-order valence-electron chi connectivity index (χ1n) is 5.19. The van der Waals surface area contributed by atoms with Gasteiger partial charge in [-0.05, 0) is 19.9 Å². The van der Waals surface area contributed by atoms with Crippen LogP contribution in [-0.2, 0) is 6.54 Å². The molecule has 0 aromatic carbocycles. The Balaban J connectivity index is 2.39. The summed E-state index contributed by atoms with van der Waals surface area (Å²) >= 11 is 0. The molecule has 0 saturated carbocycles. The van der Waals surface area contributed by atoms with Gasteiger partial charge in [0.25, 0.3) is 0 Å². The third kappa shape index (κ3) is 3.12. The Morgan fingerprint density at radius 1 is 1.57 bits per heavy atom. The standard InChI is InChI=1S/C10H19N3O/c1-3-5-11-7-10(14)9-6-12-13(4-2)8-9/h6,8,10-11,14H,3-5,7H2,1-2H3. The molecular weight excluding hydrogens is 178 g/mol. The van der Waals surface area contributed by atoms with Crippen LogP contribution in [0.2, 0.25) is 0 Å². The van der Waals surface area contributed by atoms with Crippen molar-refractivity contribution < 1.29 is 5.11 Å². The molecule has 0 amide bonds. The first-order valence-corrected chi connectivity index (χ1v) is 5.19. The van der Waals surface area contributed by atoms with Gasteiger partial charge < -0.3 is 10.4 Å². The zero-order valence-electron chi connectivity index (χ0n) is 8.90. The number of hydrogen-bond acceptors (Lipinski definition) is 3. The molecule has 0 bridgehead atoms. The summed E-state index contributed by atoms with van der Waals surface area (Å²) in [6.45, 7) is 6.52. The van der Waals surface area contributed by atoms with Gasteiger partial charge in [-0.15, -0.1) is 0 Å². The molecule has 0 saturated heterocycles. The summed E-state index contributed by atoms with van der Waals surface area (Å²) in [5.41, 5.74) is 0.885. The SMILES string of the molecule is CCCNCC(O)c1cnn(CC)c1. The number of aliphatic hydroxyl groups excluding tert-OH is 1. The lowest BCUT2D eigenvalue weighted by molar-refractivity contribution is 0.175. The number of hydrogen-bond donors (Lipinski definition) is 2. The van der Waals surface area contributed by atoms with E-state index in [1.807, 2.05) is 17.8 Å². The molecule has 1 aromatic heterocycles. The second kappa shape index (κ2) is 5.78. The van der Waals surface area contributed by atoms with Crippen LogP contribution in [0, 0.1) is 0 Å². The largest absolute Gasteiger partial charge is 0.387 e. The Kier molecular flexibility index (Phi) is 4.62. The maximum absolute atomic E-state index is 9.74. The lowest BCUT2D eigenvalue weighted by Gasteiger charge is -2.08. The van der Waals surface area contributed by atoms with E-state index in [1.165, 1.54) is 0 Å². The maximum atomic E-state index is 9.74. The molecule has 0 spiro atoms. The molecule has 4 heteroatoms. The molecule has 1 rings (SSSR count). The first kappa shape index (κ1) is 11.2. The quantitative estimate of drug-likeness (QED) is 0.667. The number of aryl methyl sites for hydroxylation is 1. The second-order valence-electron chi connectivity index (χ2n) is 3.35. The molecule has 4 nitrogen and oxygen atoms in total. The van der Waals surface area contributed by atoms with Gasteiger partial charge in [0.15, 0.2) is 0 Å². The van der Waals surface area contributed by atoms with Crippen LogP contribution in [0.4, 0.5) is 0 Å². The van der Waals surface area contributed by atoms with Gasteiger partial charge in [0.2, 0.25) is 0 Å². The fourth-order valence-electron chi connectivity index (χ4n) is 1.26. The van der Waals surface area contributed by atoms with E-state index in [2.05, 4.69) is 17.3 Å². The lowest BCUT2D eigenvalue weighted by Crippen LogP contribution is -2.21. The summed E-state index contributed by atoms with van der Waals surface area (Å²) < 4.78 is 1.82. The number of nitrogens with zero attached hydrogens (tertiary/aromatic N) is 2. The molecule has 1 atom stereocenters. The van der Waals surface area contributed by atoms with Crippen LogP contribution < -0.4 is 5.32 Å². The molecule has 0 aliphatic rings. The minimum absolute atomic E-state index is 0.443. The summed E-state index contributed by atoms with van der Waals surface area (Å²) in [6.07, 6.45) is 4.25. The van der Waals surface area contributed by atoms with Crippen molar-refractivity contribution in [1.29, 1.82) is 0 Å². The monoisotopic (exact) mass is 197 g/mol. The van der Waals surface area contributed by atoms with Crippen LogP contribution in [0.3, 0.4) is 0 Å². The molecule has 1 aromatic rings. The minimum Gasteiger partial charge on any atom is -0.387 e. The van der Waals surface area contributed by atoms with E-state index in [0.29, 0.717) is 6.54 Å². The van der Waals surface area contributed by atoms with Crippen molar-refractivity contribution in [2.45, 2.75) is 32.9 Å². The highest BCUT2D eigenvalue weighted by Gasteiger charge is 2.08. The summed E-state index contributed by atoms with van der Waals surface area (Å²) in [7, 11) is 0. The third-order valence-electron chi connectivity index (χ3n) is 2.13. The van der Waals surface area contributed by atoms with Crippen molar-refractivity contribution in [3.8, 4) is 0 Å². The molecular formula is C10H19N3O. The second-order valence-corrected chi connectivity index (χ2v) is 3.35. The summed E-state index contributed by atoms with van der Waals surface area (Å²) in [6, 6.07) is 0. The van der Waals surface area contributed by atoms with Gasteiger partial charge >= 0.3 is 0 Å². The summed E-state index contributed by atoms with van der Waals surface area (Å²) in [5, 5.41) is 17.0. The van der Waals surface area contributed by atoms with Gasteiger partial charge in [0.1, 0.15) is 0 Å². The van der Waals surface area contributed by atoms with Crippen molar-refractivity contribution in [2.24, 2.45) is 0 Å². The van der Waals surface area contributed by atoms with Crippen molar-refractivity contribution in [3.05, 3.63) is 18.0 Å². The topological polar surface area (TPSA) is 50.1 Å². The Morgan fingerprint density at radius 3 is 2.93 bits per heavy atom. The minimum atomic E-state index is -0.443. The van der Waals surface area contributed by atoms with Crippen LogP contribution in [0.25, 0.3) is 0 Å². The third-order valence-corrected chi connectivity index (χ3v) is 2.13. The Morgan fingerprint density at radius 2 is 2.36 bits per heavy atom. The number of nitrogens with one attached hydrogen (secondary N) is 1. The average Bonchev–Trinajstić information content (AvgIpc) is 2.66. The van der Waals surface area contributed by atoms with Gasteiger partial charge in [-0.2, -0.15) is 5.10 Å². The van der Waals surface area contributed by atoms with Crippen molar-refractivity contribution >= 4 is 0 Å². The van der Waals surface area contributed by atoms with Gasteiger partial charge in [0, 0.05) is 24.8 Å². The van der Waals surface area contributed by atoms with Crippen LogP contribution >= 0.6 is 0 Å². The van der Waals surface area contributed by atoms with E-state index in [0.717, 1.165) is 25.1 Å². The highest BCUT2D eigenvalue weighted by molar-refractivity contribution is 5.08. The molecule has 1 heterocycles. The zero-order valence-corrected chi connectivity index (χ0v) is 8.90. The summed E-state index contributed by atoms with van der Waals surface area (Å²) in [4.78, 5) is 0. The van der Waals surface area contributed by atoms with E-state index in [1.54, 1.807) is 6.20 Å². The van der Waals surface area contributed by atoms with Gasteiger partial charge in [0.05, 0.1) is 12.3 Å². The molecule has 80 valence electrons.